The van der Waals surface area contributed by atoms with Crippen molar-refractivity contribution in [2.24, 2.45) is 0 Å². The van der Waals surface area contributed by atoms with Gasteiger partial charge in [0.15, 0.2) is 11.6 Å². The van der Waals surface area contributed by atoms with E-state index in [0.29, 0.717) is 16.8 Å². The molecule has 0 bridgehead atoms. The summed E-state index contributed by atoms with van der Waals surface area (Å²) in [6.07, 6.45) is 0.639. The number of hydrogen-bond donors (Lipinski definition) is 1. The summed E-state index contributed by atoms with van der Waals surface area (Å²) in [5.41, 5.74) is 1.89. The Balaban J connectivity index is 1.67. The molecular formula is C17H16F2N2O2. The van der Waals surface area contributed by atoms with Crippen LogP contribution in [0, 0.1) is 18.6 Å². The molecule has 3 aromatic rings. The third kappa shape index (κ3) is 3.48. The maximum atomic E-state index is 13.3. The molecule has 1 aromatic heterocycles. The summed E-state index contributed by atoms with van der Waals surface area (Å²) in [4.78, 5) is 4.01. The molecular weight excluding hydrogens is 302 g/mol. The number of halogens is 2. The Labute approximate surface area is 132 Å². The van der Waals surface area contributed by atoms with Crippen molar-refractivity contribution < 1.29 is 18.6 Å². The zero-order chi connectivity index (χ0) is 16.4. The van der Waals surface area contributed by atoms with Crippen LogP contribution in [0.1, 0.15) is 5.56 Å². The van der Waals surface area contributed by atoms with Crippen LogP contribution in [0.15, 0.2) is 42.7 Å². The van der Waals surface area contributed by atoms with Crippen molar-refractivity contribution in [1.82, 2.24) is 9.55 Å². The molecule has 3 rings (SSSR count). The van der Waals surface area contributed by atoms with Gasteiger partial charge in [0.05, 0.1) is 23.9 Å². The van der Waals surface area contributed by atoms with Crippen LogP contribution in [-0.2, 0) is 6.54 Å². The van der Waals surface area contributed by atoms with Gasteiger partial charge in [0, 0.05) is 12.1 Å². The molecule has 4 nitrogen and oxygen atoms in total. The second kappa shape index (κ2) is 6.34. The number of aryl methyl sites for hydroxylation is 1. The van der Waals surface area contributed by atoms with Gasteiger partial charge in [0.2, 0.25) is 0 Å². The zero-order valence-electron chi connectivity index (χ0n) is 12.5. The normalized spacial score (nSPS) is 12.5. The fourth-order valence-corrected chi connectivity index (χ4v) is 2.31. The Morgan fingerprint density at radius 2 is 1.87 bits per heavy atom. The highest BCUT2D eigenvalue weighted by molar-refractivity contribution is 5.75. The van der Waals surface area contributed by atoms with Crippen molar-refractivity contribution in [3.63, 3.8) is 0 Å². The molecule has 0 unspecified atom stereocenters. The molecule has 0 fully saturated rings. The van der Waals surface area contributed by atoms with Gasteiger partial charge in [0.1, 0.15) is 18.5 Å². The summed E-state index contributed by atoms with van der Waals surface area (Å²) >= 11 is 0. The Morgan fingerprint density at radius 3 is 2.61 bits per heavy atom. The van der Waals surface area contributed by atoms with Crippen LogP contribution in [0.5, 0.6) is 5.75 Å². The van der Waals surface area contributed by atoms with E-state index in [1.165, 1.54) is 6.33 Å². The van der Waals surface area contributed by atoms with Gasteiger partial charge in [-0.05, 0) is 19.1 Å². The number of ether oxygens (including phenoxy) is 1. The van der Waals surface area contributed by atoms with E-state index in [1.54, 1.807) is 4.57 Å². The first kappa shape index (κ1) is 15.4. The average molecular weight is 318 g/mol. The standard InChI is InChI=1S/C17H16F2N2O2/c1-11-2-4-13(5-3-11)23-9-12(22)8-21-10-20-16-6-14(18)15(19)7-17(16)21/h2-7,10,12,22H,8-9H2,1H3/t12-/m0/s1. The van der Waals surface area contributed by atoms with Gasteiger partial charge in [-0.1, -0.05) is 17.7 Å². The first-order chi connectivity index (χ1) is 11.0. The fraction of sp³-hybridized carbons (Fsp3) is 0.235. The second-order valence-corrected chi connectivity index (χ2v) is 5.43. The number of rotatable bonds is 5. The smallest absolute Gasteiger partial charge is 0.161 e. The molecule has 0 saturated carbocycles. The summed E-state index contributed by atoms with van der Waals surface area (Å²) in [5, 5.41) is 10.1. The Bertz CT molecular complexity index is 815. The van der Waals surface area contributed by atoms with E-state index < -0.39 is 17.7 Å². The van der Waals surface area contributed by atoms with Crippen molar-refractivity contribution in [2.75, 3.05) is 6.61 Å². The van der Waals surface area contributed by atoms with Crippen molar-refractivity contribution in [2.45, 2.75) is 19.6 Å². The van der Waals surface area contributed by atoms with Crippen LogP contribution in [0.4, 0.5) is 8.78 Å². The highest BCUT2D eigenvalue weighted by Crippen LogP contribution is 2.18. The number of aliphatic hydroxyl groups excluding tert-OH is 1. The minimum atomic E-state index is -0.940. The molecule has 0 aliphatic heterocycles. The molecule has 1 N–H and O–H groups in total. The molecule has 2 aromatic carbocycles. The topological polar surface area (TPSA) is 47.3 Å². The number of fused-ring (bicyclic) bond motifs is 1. The van der Waals surface area contributed by atoms with Crippen LogP contribution in [0.25, 0.3) is 11.0 Å². The quantitative estimate of drug-likeness (QED) is 0.786. The minimum absolute atomic E-state index is 0.0897. The molecule has 120 valence electrons. The molecule has 1 heterocycles. The summed E-state index contributed by atoms with van der Waals surface area (Å²) in [7, 11) is 0. The number of hydrogen-bond acceptors (Lipinski definition) is 3. The van der Waals surface area contributed by atoms with Crippen molar-refractivity contribution in [1.29, 1.82) is 0 Å². The minimum Gasteiger partial charge on any atom is -0.491 e. The average Bonchev–Trinajstić information content (AvgIpc) is 2.89. The molecule has 0 aliphatic rings. The number of nitrogens with zero attached hydrogens (tertiary/aromatic N) is 2. The lowest BCUT2D eigenvalue weighted by Gasteiger charge is -2.13. The molecule has 0 aliphatic carbocycles. The zero-order valence-corrected chi connectivity index (χ0v) is 12.5. The monoisotopic (exact) mass is 318 g/mol. The molecule has 23 heavy (non-hydrogen) atoms. The lowest BCUT2D eigenvalue weighted by atomic mass is 10.2. The first-order valence-electron chi connectivity index (χ1n) is 7.20. The van der Waals surface area contributed by atoms with E-state index in [4.69, 9.17) is 4.74 Å². The van der Waals surface area contributed by atoms with Crippen LogP contribution >= 0.6 is 0 Å². The first-order valence-corrected chi connectivity index (χ1v) is 7.20. The maximum absolute atomic E-state index is 13.3. The van der Waals surface area contributed by atoms with Gasteiger partial charge >= 0.3 is 0 Å². The second-order valence-electron chi connectivity index (χ2n) is 5.43. The van der Waals surface area contributed by atoms with Gasteiger partial charge in [-0.25, -0.2) is 13.8 Å². The summed E-state index contributed by atoms with van der Waals surface area (Å²) in [5.74, 6) is -1.21. The highest BCUT2D eigenvalue weighted by atomic mass is 19.2. The van der Waals surface area contributed by atoms with Crippen LogP contribution in [-0.4, -0.2) is 27.4 Å². The van der Waals surface area contributed by atoms with E-state index in [1.807, 2.05) is 31.2 Å². The summed E-state index contributed by atoms with van der Waals surface area (Å²) in [6.45, 7) is 2.24. The molecule has 1 atom stereocenters. The van der Waals surface area contributed by atoms with Gasteiger partial charge in [-0.15, -0.1) is 0 Å². The summed E-state index contributed by atoms with van der Waals surface area (Å²) in [6, 6.07) is 9.60. The van der Waals surface area contributed by atoms with Crippen LogP contribution in [0.2, 0.25) is 0 Å². The molecule has 6 heteroatoms. The van der Waals surface area contributed by atoms with Gasteiger partial charge < -0.3 is 14.4 Å². The predicted molar refractivity (Wildman–Crippen MR) is 82.3 cm³/mol. The van der Waals surface area contributed by atoms with E-state index in [0.717, 1.165) is 17.7 Å². The van der Waals surface area contributed by atoms with Crippen molar-refractivity contribution in [3.05, 3.63) is 59.9 Å². The van der Waals surface area contributed by atoms with Gasteiger partial charge in [0.25, 0.3) is 0 Å². The number of aliphatic hydroxyl groups is 1. The predicted octanol–water partition coefficient (Wildman–Crippen LogP) is 3.06. The Morgan fingerprint density at radius 1 is 1.17 bits per heavy atom. The third-order valence-corrected chi connectivity index (χ3v) is 3.53. The number of imidazole rings is 1. The highest BCUT2D eigenvalue weighted by Gasteiger charge is 2.12. The van der Waals surface area contributed by atoms with Crippen molar-refractivity contribution in [3.8, 4) is 5.75 Å². The molecule has 0 saturated heterocycles. The summed E-state index contributed by atoms with van der Waals surface area (Å²) < 4.78 is 33.6. The lowest BCUT2D eigenvalue weighted by molar-refractivity contribution is 0.0934. The fourth-order valence-electron chi connectivity index (χ4n) is 2.31. The molecule has 0 amide bonds. The number of aromatic nitrogens is 2. The van der Waals surface area contributed by atoms with E-state index in [-0.39, 0.29) is 13.2 Å². The molecule has 0 spiro atoms. The maximum Gasteiger partial charge on any atom is 0.161 e. The third-order valence-electron chi connectivity index (χ3n) is 3.53. The Hall–Kier alpha value is -2.47. The van der Waals surface area contributed by atoms with E-state index in [9.17, 15) is 13.9 Å². The lowest BCUT2D eigenvalue weighted by Crippen LogP contribution is -2.23. The van der Waals surface area contributed by atoms with Crippen LogP contribution < -0.4 is 4.74 Å². The van der Waals surface area contributed by atoms with Crippen molar-refractivity contribution >= 4 is 11.0 Å². The largest absolute Gasteiger partial charge is 0.491 e. The van der Waals surface area contributed by atoms with Crippen LogP contribution in [0.3, 0.4) is 0 Å². The number of benzene rings is 2. The Kier molecular flexibility index (Phi) is 4.25. The SMILES string of the molecule is Cc1ccc(OC[C@@H](O)Cn2cnc3cc(F)c(F)cc32)cc1. The van der Waals surface area contributed by atoms with Gasteiger partial charge in [-0.3, -0.25) is 0 Å². The van der Waals surface area contributed by atoms with E-state index in [2.05, 4.69) is 4.98 Å². The molecule has 0 radical (unpaired) electrons. The van der Waals surface area contributed by atoms with Gasteiger partial charge in [-0.2, -0.15) is 0 Å². The van der Waals surface area contributed by atoms with E-state index >= 15 is 0 Å².